The molecule has 4 unspecified atom stereocenters. The summed E-state index contributed by atoms with van der Waals surface area (Å²) in [5.74, 6) is 2.22. The van der Waals surface area contributed by atoms with E-state index in [2.05, 4.69) is 25.5 Å². The van der Waals surface area contributed by atoms with E-state index in [0.717, 1.165) is 24.7 Å². The van der Waals surface area contributed by atoms with Gasteiger partial charge in [0.2, 0.25) is 0 Å². The van der Waals surface area contributed by atoms with Crippen molar-refractivity contribution in [2.45, 2.75) is 82.7 Å². The third-order valence-corrected chi connectivity index (χ3v) is 9.41. The van der Waals surface area contributed by atoms with Gasteiger partial charge in [-0.2, -0.15) is 0 Å². The summed E-state index contributed by atoms with van der Waals surface area (Å²) < 4.78 is 6.44. The van der Waals surface area contributed by atoms with Crippen molar-refractivity contribution in [3.63, 3.8) is 0 Å². The molecule has 0 aromatic heterocycles. The summed E-state index contributed by atoms with van der Waals surface area (Å²) in [6.45, 7) is 4.87. The van der Waals surface area contributed by atoms with E-state index in [1.54, 1.807) is 0 Å². The van der Waals surface area contributed by atoms with Crippen molar-refractivity contribution >= 4 is 0 Å². The van der Waals surface area contributed by atoms with Crippen LogP contribution in [0.5, 0.6) is 0 Å². The zero-order valence-electron chi connectivity index (χ0n) is 14.8. The number of aliphatic hydroxyl groups is 1. The normalized spacial score (nSPS) is 63.2. The topological polar surface area (TPSA) is 54.0 Å². The van der Waals surface area contributed by atoms with Crippen molar-refractivity contribution in [1.82, 2.24) is 5.48 Å². The molecule has 4 saturated carbocycles. The molecule has 2 aliphatic heterocycles. The summed E-state index contributed by atoms with van der Waals surface area (Å²) in [7, 11) is 0. The molecule has 2 heterocycles. The van der Waals surface area contributed by atoms with Crippen molar-refractivity contribution in [3.05, 3.63) is 11.8 Å². The lowest BCUT2D eigenvalue weighted by atomic mass is 9.44. The van der Waals surface area contributed by atoms with Crippen LogP contribution in [0.2, 0.25) is 0 Å². The maximum Gasteiger partial charge on any atom is 0.137 e. The molecule has 9 atom stereocenters. The molecule has 0 aromatic carbocycles. The van der Waals surface area contributed by atoms with Crippen LogP contribution in [0, 0.1) is 28.6 Å². The Hall–Kier alpha value is -0.580. The Morgan fingerprint density at radius 1 is 1.12 bits per heavy atom. The van der Waals surface area contributed by atoms with Gasteiger partial charge in [0.1, 0.15) is 17.8 Å². The maximum absolute atomic E-state index is 10.6. The smallest absolute Gasteiger partial charge is 0.137 e. The van der Waals surface area contributed by atoms with Crippen LogP contribution in [-0.4, -0.2) is 29.0 Å². The Bertz CT molecular complexity index is 634. The van der Waals surface area contributed by atoms with Gasteiger partial charge in [0, 0.05) is 11.6 Å². The first-order valence-electron chi connectivity index (χ1n) is 9.96. The van der Waals surface area contributed by atoms with Gasteiger partial charge in [0.25, 0.3) is 0 Å². The first-order valence-corrected chi connectivity index (χ1v) is 9.96. The minimum Gasteiger partial charge on any atom is -0.393 e. The molecule has 0 amide bonds. The van der Waals surface area contributed by atoms with Gasteiger partial charge in [0.05, 0.1) is 6.10 Å². The number of hydrogen-bond donors (Lipinski definition) is 2. The number of nitrogens with one attached hydrogen (secondary N) is 1. The van der Waals surface area contributed by atoms with Crippen LogP contribution in [0.15, 0.2) is 11.8 Å². The van der Waals surface area contributed by atoms with Crippen LogP contribution in [0.25, 0.3) is 0 Å². The largest absolute Gasteiger partial charge is 0.393 e. The molecule has 6 aliphatic rings. The minimum absolute atomic E-state index is 0.0627. The highest BCUT2D eigenvalue weighted by Crippen LogP contribution is 2.73. The molecule has 2 N–H and O–H groups in total. The van der Waals surface area contributed by atoms with Crippen LogP contribution >= 0.6 is 0 Å². The summed E-state index contributed by atoms with van der Waals surface area (Å²) in [6, 6.07) is 0. The number of ether oxygens (including phenoxy) is 1. The van der Waals surface area contributed by atoms with Crippen molar-refractivity contribution < 1.29 is 14.7 Å². The van der Waals surface area contributed by atoms with Gasteiger partial charge in [-0.25, -0.2) is 0 Å². The lowest BCUT2D eigenvalue weighted by Gasteiger charge is -2.59. The Balaban J connectivity index is 1.39. The van der Waals surface area contributed by atoms with Crippen molar-refractivity contribution in [1.29, 1.82) is 0 Å². The number of rotatable bonds is 0. The lowest BCUT2D eigenvalue weighted by Crippen LogP contribution is -2.59. The zero-order chi connectivity index (χ0) is 16.3. The molecule has 0 radical (unpaired) electrons. The molecule has 24 heavy (non-hydrogen) atoms. The molecule has 4 aliphatic carbocycles. The van der Waals surface area contributed by atoms with Gasteiger partial charge < -0.3 is 9.84 Å². The van der Waals surface area contributed by atoms with E-state index >= 15 is 0 Å². The van der Waals surface area contributed by atoms with E-state index in [1.807, 2.05) is 0 Å². The quantitative estimate of drug-likeness (QED) is 0.670. The van der Waals surface area contributed by atoms with E-state index < -0.39 is 0 Å². The van der Waals surface area contributed by atoms with Crippen molar-refractivity contribution in [3.8, 4) is 0 Å². The molecule has 1 saturated heterocycles. The molecule has 4 heteroatoms. The molecule has 4 nitrogen and oxygen atoms in total. The average Bonchev–Trinajstić information content (AvgIpc) is 2.99. The number of epoxide rings is 1. The number of hydroxylamine groups is 1. The number of aliphatic hydroxyl groups excluding tert-OH is 1. The fourth-order valence-corrected chi connectivity index (χ4v) is 8.05. The van der Waals surface area contributed by atoms with Gasteiger partial charge in [-0.1, -0.05) is 13.8 Å². The van der Waals surface area contributed by atoms with Gasteiger partial charge in [-0.15, -0.1) is 0 Å². The van der Waals surface area contributed by atoms with Crippen molar-refractivity contribution in [2.24, 2.45) is 28.6 Å². The molecular formula is C20H29NO3. The zero-order valence-corrected chi connectivity index (χ0v) is 14.8. The SMILES string of the molecule is C[C@]12CCC3C(CC[C@@]45O[C@@H]4C4ONC=C4C[C@]35C)C1CC[C@@H]2O. The molecule has 0 bridgehead atoms. The fraction of sp³-hybridized carbons (Fsp3) is 0.900. The summed E-state index contributed by atoms with van der Waals surface area (Å²) in [6.07, 6.45) is 10.7. The fourth-order valence-electron chi connectivity index (χ4n) is 8.05. The van der Waals surface area contributed by atoms with E-state index in [9.17, 15) is 5.11 Å². The van der Waals surface area contributed by atoms with E-state index in [-0.39, 0.29) is 34.7 Å². The monoisotopic (exact) mass is 331 g/mol. The Morgan fingerprint density at radius 3 is 2.88 bits per heavy atom. The molecule has 0 aromatic rings. The van der Waals surface area contributed by atoms with Crippen LogP contribution < -0.4 is 5.48 Å². The summed E-state index contributed by atoms with van der Waals surface area (Å²) in [4.78, 5) is 5.73. The highest BCUT2D eigenvalue weighted by molar-refractivity contribution is 5.34. The third-order valence-electron chi connectivity index (χ3n) is 9.41. The van der Waals surface area contributed by atoms with Gasteiger partial charge >= 0.3 is 0 Å². The van der Waals surface area contributed by atoms with Crippen LogP contribution in [0.1, 0.15) is 58.8 Å². The first kappa shape index (κ1) is 14.6. The summed E-state index contributed by atoms with van der Waals surface area (Å²) in [5, 5.41) is 10.6. The predicted octanol–water partition coefficient (Wildman–Crippen LogP) is 2.92. The van der Waals surface area contributed by atoms with Gasteiger partial charge in [-0.05, 0) is 73.7 Å². The molecular weight excluding hydrogens is 302 g/mol. The van der Waals surface area contributed by atoms with Crippen LogP contribution in [-0.2, 0) is 9.57 Å². The highest BCUT2D eigenvalue weighted by Gasteiger charge is 2.77. The second-order valence-electron chi connectivity index (χ2n) is 9.95. The van der Waals surface area contributed by atoms with Crippen LogP contribution in [0.4, 0.5) is 0 Å². The lowest BCUT2D eigenvalue weighted by molar-refractivity contribution is -0.120. The average molecular weight is 331 g/mol. The van der Waals surface area contributed by atoms with Crippen molar-refractivity contribution in [2.75, 3.05) is 0 Å². The Labute approximate surface area is 143 Å². The second kappa shape index (κ2) is 4.21. The van der Waals surface area contributed by atoms with E-state index in [4.69, 9.17) is 9.57 Å². The van der Waals surface area contributed by atoms with Gasteiger partial charge in [0.15, 0.2) is 0 Å². The first-order chi connectivity index (χ1) is 11.5. The Kier molecular flexibility index (Phi) is 2.56. The van der Waals surface area contributed by atoms with E-state index in [1.165, 1.54) is 37.7 Å². The molecule has 6 rings (SSSR count). The number of hydrogen-bond acceptors (Lipinski definition) is 4. The maximum atomic E-state index is 10.6. The second-order valence-corrected chi connectivity index (χ2v) is 9.95. The molecule has 1 spiro atoms. The van der Waals surface area contributed by atoms with Gasteiger partial charge in [-0.3, -0.25) is 10.3 Å². The summed E-state index contributed by atoms with van der Waals surface area (Å²) >= 11 is 0. The standard InChI is InChI=1S/C20H29NO3/c1-18-7-6-14-12(13(18)3-4-15(18)22)5-8-20-17(23-20)16-11(10-21-24-16)9-19(14,20)2/h10,12-17,21-22H,3-9H2,1-2H3/t12?,13?,14?,15-,16?,17+,18-,19+,20+/m0/s1. The minimum atomic E-state index is -0.0806. The molecule has 5 fully saturated rings. The molecule has 132 valence electrons. The van der Waals surface area contributed by atoms with E-state index in [0.29, 0.717) is 5.92 Å². The third kappa shape index (κ3) is 1.42. The number of fused-ring (bicyclic) bond motifs is 6. The highest BCUT2D eigenvalue weighted by atomic mass is 16.7. The predicted molar refractivity (Wildman–Crippen MR) is 88.7 cm³/mol. The van der Waals surface area contributed by atoms with Crippen LogP contribution in [0.3, 0.4) is 0 Å². The Morgan fingerprint density at radius 2 is 2.00 bits per heavy atom. The summed E-state index contributed by atoms with van der Waals surface area (Å²) in [5.41, 5.74) is 4.88.